The standard InChI is InChI=1S/C14H19N3O/c1-9-5-6-16-13(10(9)8-15)17-11-7-12(18-4)14(11,2)3/h5-6,11-12H,7H2,1-4H3,(H,16,17). The molecule has 0 bridgehead atoms. The number of pyridine rings is 1. The molecule has 1 aromatic heterocycles. The molecule has 2 unspecified atom stereocenters. The van der Waals surface area contributed by atoms with E-state index in [1.807, 2.05) is 13.0 Å². The summed E-state index contributed by atoms with van der Waals surface area (Å²) in [6, 6.07) is 4.36. The fraction of sp³-hybridized carbons (Fsp3) is 0.571. The van der Waals surface area contributed by atoms with Gasteiger partial charge >= 0.3 is 0 Å². The number of nitriles is 1. The monoisotopic (exact) mass is 245 g/mol. The van der Waals surface area contributed by atoms with Crippen molar-refractivity contribution in [3.63, 3.8) is 0 Å². The molecule has 2 atom stereocenters. The summed E-state index contributed by atoms with van der Waals surface area (Å²) in [6.45, 7) is 6.27. The van der Waals surface area contributed by atoms with Crippen molar-refractivity contribution in [3.05, 3.63) is 23.4 Å². The number of aryl methyl sites for hydroxylation is 1. The fourth-order valence-electron chi connectivity index (χ4n) is 2.50. The van der Waals surface area contributed by atoms with Gasteiger partial charge in [0.05, 0.1) is 11.7 Å². The molecule has 1 aromatic rings. The van der Waals surface area contributed by atoms with Crippen LogP contribution in [-0.4, -0.2) is 24.2 Å². The van der Waals surface area contributed by atoms with E-state index in [-0.39, 0.29) is 11.5 Å². The highest BCUT2D eigenvalue weighted by Gasteiger charge is 2.48. The number of ether oxygens (including phenoxy) is 1. The van der Waals surface area contributed by atoms with Crippen LogP contribution in [0.5, 0.6) is 0 Å². The first-order valence-electron chi connectivity index (χ1n) is 6.15. The van der Waals surface area contributed by atoms with Crippen LogP contribution in [0.1, 0.15) is 31.4 Å². The van der Waals surface area contributed by atoms with Gasteiger partial charge in [-0.2, -0.15) is 5.26 Å². The number of hydrogen-bond acceptors (Lipinski definition) is 4. The first-order chi connectivity index (χ1) is 8.50. The minimum atomic E-state index is 0.0624. The maximum absolute atomic E-state index is 9.18. The normalized spacial score (nSPS) is 25.1. The van der Waals surface area contributed by atoms with E-state index in [2.05, 4.69) is 30.2 Å². The maximum Gasteiger partial charge on any atom is 0.144 e. The summed E-state index contributed by atoms with van der Waals surface area (Å²) >= 11 is 0. The molecular weight excluding hydrogens is 226 g/mol. The van der Waals surface area contributed by atoms with E-state index < -0.39 is 0 Å². The Kier molecular flexibility index (Phi) is 3.27. The molecule has 1 aliphatic rings. The predicted octanol–water partition coefficient (Wildman–Crippen LogP) is 2.49. The molecule has 4 heteroatoms. The van der Waals surface area contributed by atoms with E-state index in [1.165, 1.54) is 0 Å². The Morgan fingerprint density at radius 2 is 2.28 bits per heavy atom. The van der Waals surface area contributed by atoms with Gasteiger partial charge < -0.3 is 10.1 Å². The summed E-state index contributed by atoms with van der Waals surface area (Å²) in [4.78, 5) is 4.27. The van der Waals surface area contributed by atoms with E-state index >= 15 is 0 Å². The largest absolute Gasteiger partial charge is 0.381 e. The van der Waals surface area contributed by atoms with Gasteiger partial charge in [0.25, 0.3) is 0 Å². The zero-order valence-electron chi connectivity index (χ0n) is 11.3. The smallest absolute Gasteiger partial charge is 0.144 e. The average molecular weight is 245 g/mol. The molecule has 96 valence electrons. The molecule has 1 aliphatic carbocycles. The molecule has 1 N–H and O–H groups in total. The Balaban J connectivity index is 2.18. The molecule has 0 saturated heterocycles. The Morgan fingerprint density at radius 1 is 1.56 bits per heavy atom. The molecule has 0 aromatic carbocycles. The Labute approximate surface area is 108 Å². The first-order valence-corrected chi connectivity index (χ1v) is 6.15. The van der Waals surface area contributed by atoms with Crippen LogP contribution in [0.3, 0.4) is 0 Å². The Hall–Kier alpha value is -1.60. The van der Waals surface area contributed by atoms with Crippen molar-refractivity contribution in [3.8, 4) is 6.07 Å². The number of rotatable bonds is 3. The molecule has 0 amide bonds. The van der Waals surface area contributed by atoms with Crippen LogP contribution in [0, 0.1) is 23.7 Å². The van der Waals surface area contributed by atoms with Crippen LogP contribution in [0.25, 0.3) is 0 Å². The summed E-state index contributed by atoms with van der Waals surface area (Å²) in [5, 5.41) is 12.6. The SMILES string of the molecule is COC1CC(Nc2nccc(C)c2C#N)C1(C)C. The van der Waals surface area contributed by atoms with Gasteiger partial charge in [0.15, 0.2) is 0 Å². The summed E-state index contributed by atoms with van der Waals surface area (Å²) in [7, 11) is 1.74. The molecule has 0 aliphatic heterocycles. The summed E-state index contributed by atoms with van der Waals surface area (Å²) in [6.07, 6.45) is 2.95. The van der Waals surface area contributed by atoms with Crippen molar-refractivity contribution in [2.24, 2.45) is 5.41 Å². The number of nitrogens with one attached hydrogen (secondary N) is 1. The van der Waals surface area contributed by atoms with Gasteiger partial charge in [-0.15, -0.1) is 0 Å². The van der Waals surface area contributed by atoms with Gasteiger partial charge in [0.2, 0.25) is 0 Å². The number of aromatic nitrogens is 1. The van der Waals surface area contributed by atoms with E-state index in [1.54, 1.807) is 13.3 Å². The van der Waals surface area contributed by atoms with Crippen molar-refractivity contribution in [2.45, 2.75) is 39.3 Å². The van der Waals surface area contributed by atoms with Crippen molar-refractivity contribution in [1.29, 1.82) is 5.26 Å². The summed E-state index contributed by atoms with van der Waals surface area (Å²) < 4.78 is 5.42. The van der Waals surface area contributed by atoms with Crippen LogP contribution < -0.4 is 5.32 Å². The average Bonchev–Trinajstić information content (AvgIpc) is 2.34. The molecule has 1 fully saturated rings. The quantitative estimate of drug-likeness (QED) is 0.888. The minimum Gasteiger partial charge on any atom is -0.381 e. The van der Waals surface area contributed by atoms with Gasteiger partial charge in [0, 0.05) is 24.8 Å². The third-order valence-electron chi connectivity index (χ3n) is 4.04. The molecule has 1 saturated carbocycles. The number of hydrogen-bond donors (Lipinski definition) is 1. The molecule has 0 radical (unpaired) electrons. The lowest BCUT2D eigenvalue weighted by Gasteiger charge is -2.51. The van der Waals surface area contributed by atoms with E-state index in [0.717, 1.165) is 12.0 Å². The Morgan fingerprint density at radius 3 is 2.83 bits per heavy atom. The third kappa shape index (κ3) is 1.95. The zero-order chi connectivity index (χ0) is 13.3. The summed E-state index contributed by atoms with van der Waals surface area (Å²) in [5.74, 6) is 0.685. The second-order valence-electron chi connectivity index (χ2n) is 5.44. The predicted molar refractivity (Wildman–Crippen MR) is 70.3 cm³/mol. The van der Waals surface area contributed by atoms with Crippen molar-refractivity contribution < 1.29 is 4.74 Å². The third-order valence-corrected chi connectivity index (χ3v) is 4.04. The lowest BCUT2D eigenvalue weighted by Crippen LogP contribution is -2.57. The fourth-order valence-corrected chi connectivity index (χ4v) is 2.50. The molecule has 4 nitrogen and oxygen atoms in total. The van der Waals surface area contributed by atoms with Gasteiger partial charge in [-0.25, -0.2) is 4.98 Å². The second kappa shape index (κ2) is 4.58. The number of anilines is 1. The van der Waals surface area contributed by atoms with Gasteiger partial charge in [-0.3, -0.25) is 0 Å². The topological polar surface area (TPSA) is 57.9 Å². The zero-order valence-corrected chi connectivity index (χ0v) is 11.3. The van der Waals surface area contributed by atoms with E-state index in [0.29, 0.717) is 17.4 Å². The van der Waals surface area contributed by atoms with Crippen LogP contribution in [0.15, 0.2) is 12.3 Å². The van der Waals surface area contributed by atoms with Crippen molar-refractivity contribution in [1.82, 2.24) is 4.98 Å². The highest BCUT2D eigenvalue weighted by molar-refractivity contribution is 5.56. The minimum absolute atomic E-state index is 0.0624. The molecular formula is C14H19N3O. The van der Waals surface area contributed by atoms with Crippen LogP contribution in [0.2, 0.25) is 0 Å². The highest BCUT2D eigenvalue weighted by atomic mass is 16.5. The summed E-state index contributed by atoms with van der Waals surface area (Å²) in [5.41, 5.74) is 1.65. The first kappa shape index (κ1) is 12.8. The van der Waals surface area contributed by atoms with Crippen molar-refractivity contribution in [2.75, 3.05) is 12.4 Å². The van der Waals surface area contributed by atoms with Crippen molar-refractivity contribution >= 4 is 5.82 Å². The molecule has 18 heavy (non-hydrogen) atoms. The molecule has 2 rings (SSSR count). The van der Waals surface area contributed by atoms with Gasteiger partial charge in [-0.05, 0) is 25.0 Å². The van der Waals surface area contributed by atoms with Gasteiger partial charge in [-0.1, -0.05) is 13.8 Å². The van der Waals surface area contributed by atoms with E-state index in [9.17, 15) is 5.26 Å². The maximum atomic E-state index is 9.18. The second-order valence-corrected chi connectivity index (χ2v) is 5.44. The van der Waals surface area contributed by atoms with Crippen LogP contribution >= 0.6 is 0 Å². The van der Waals surface area contributed by atoms with Crippen LogP contribution in [-0.2, 0) is 4.74 Å². The van der Waals surface area contributed by atoms with Gasteiger partial charge in [0.1, 0.15) is 11.9 Å². The lowest BCUT2D eigenvalue weighted by molar-refractivity contribution is -0.0795. The molecule has 1 heterocycles. The molecule has 0 spiro atoms. The van der Waals surface area contributed by atoms with Crippen LogP contribution in [0.4, 0.5) is 5.82 Å². The number of methoxy groups -OCH3 is 1. The number of nitrogens with zero attached hydrogens (tertiary/aromatic N) is 2. The van der Waals surface area contributed by atoms with E-state index in [4.69, 9.17) is 4.74 Å². The Bertz CT molecular complexity index is 490. The lowest BCUT2D eigenvalue weighted by atomic mass is 9.64. The highest BCUT2D eigenvalue weighted by Crippen LogP contribution is 2.44.